The van der Waals surface area contributed by atoms with Crippen molar-refractivity contribution in [3.8, 4) is 0 Å². The van der Waals surface area contributed by atoms with Gasteiger partial charge in [0.1, 0.15) is 11.7 Å². The summed E-state index contributed by atoms with van der Waals surface area (Å²) < 4.78 is 24.8. The zero-order valence-corrected chi connectivity index (χ0v) is 6.10. The number of rotatable bonds is 3. The standard InChI is InChI=1S/C8H8F2O/c1-3-4-8(10)7(5-11)6(2)9/h3-5H,2H2,1H3/b4-3-,8-7+. The topological polar surface area (TPSA) is 17.1 Å². The van der Waals surface area contributed by atoms with Gasteiger partial charge in [-0.3, -0.25) is 4.79 Å². The molecule has 0 amide bonds. The third-order valence-electron chi connectivity index (χ3n) is 0.980. The Morgan fingerprint density at radius 1 is 1.45 bits per heavy atom. The molecule has 0 spiro atoms. The van der Waals surface area contributed by atoms with Gasteiger partial charge in [0.05, 0.1) is 5.57 Å². The van der Waals surface area contributed by atoms with Crippen LogP contribution in [0.3, 0.4) is 0 Å². The number of allylic oxidation sites excluding steroid dienone is 5. The molecule has 0 saturated carbocycles. The molecule has 0 rings (SSSR count). The van der Waals surface area contributed by atoms with Crippen molar-refractivity contribution < 1.29 is 13.6 Å². The summed E-state index contributed by atoms with van der Waals surface area (Å²) in [6.45, 7) is 4.36. The molecule has 0 aliphatic carbocycles. The van der Waals surface area contributed by atoms with Crippen LogP contribution < -0.4 is 0 Å². The molecule has 0 saturated heterocycles. The highest BCUT2D eigenvalue weighted by atomic mass is 19.1. The van der Waals surface area contributed by atoms with Crippen LogP contribution in [0.2, 0.25) is 0 Å². The van der Waals surface area contributed by atoms with E-state index >= 15 is 0 Å². The maximum absolute atomic E-state index is 12.6. The van der Waals surface area contributed by atoms with Crippen molar-refractivity contribution >= 4 is 6.29 Å². The maximum Gasteiger partial charge on any atom is 0.155 e. The number of carbonyl (C=O) groups excluding carboxylic acids is 1. The molecule has 60 valence electrons. The highest BCUT2D eigenvalue weighted by molar-refractivity contribution is 5.80. The number of hydrogen-bond acceptors (Lipinski definition) is 1. The van der Waals surface area contributed by atoms with Crippen molar-refractivity contribution in [3.05, 3.63) is 36.0 Å². The van der Waals surface area contributed by atoms with E-state index in [1.165, 1.54) is 6.08 Å². The van der Waals surface area contributed by atoms with Crippen molar-refractivity contribution in [3.63, 3.8) is 0 Å². The Bertz CT molecular complexity index is 226. The lowest BCUT2D eigenvalue weighted by atomic mass is 10.2. The molecule has 0 unspecified atom stereocenters. The summed E-state index contributed by atoms with van der Waals surface area (Å²) in [5.41, 5.74) is -0.636. The van der Waals surface area contributed by atoms with Crippen LogP contribution in [0.15, 0.2) is 36.0 Å². The van der Waals surface area contributed by atoms with Gasteiger partial charge in [-0.15, -0.1) is 0 Å². The second-order valence-electron chi connectivity index (χ2n) is 1.78. The number of hydrogen-bond donors (Lipinski definition) is 0. The minimum Gasteiger partial charge on any atom is -0.298 e. The number of halogens is 2. The lowest BCUT2D eigenvalue weighted by Gasteiger charge is -1.92. The molecule has 1 nitrogen and oxygen atoms in total. The van der Waals surface area contributed by atoms with Gasteiger partial charge in [0.15, 0.2) is 6.29 Å². The molecule has 0 aliphatic heterocycles. The lowest BCUT2D eigenvalue weighted by molar-refractivity contribution is -0.104. The minimum absolute atomic E-state index is 0.0949. The van der Waals surface area contributed by atoms with Gasteiger partial charge in [-0.05, 0) is 13.0 Å². The van der Waals surface area contributed by atoms with Gasteiger partial charge in [-0.25, -0.2) is 8.78 Å². The van der Waals surface area contributed by atoms with Crippen LogP contribution in [0.4, 0.5) is 8.78 Å². The second-order valence-corrected chi connectivity index (χ2v) is 1.78. The molecule has 0 aromatic heterocycles. The third-order valence-corrected chi connectivity index (χ3v) is 0.980. The molecule has 0 fully saturated rings. The van der Waals surface area contributed by atoms with Gasteiger partial charge in [0.25, 0.3) is 0 Å². The van der Waals surface area contributed by atoms with E-state index in [4.69, 9.17) is 0 Å². The summed E-state index contributed by atoms with van der Waals surface area (Å²) in [5.74, 6) is -1.97. The third kappa shape index (κ3) is 2.89. The van der Waals surface area contributed by atoms with Crippen molar-refractivity contribution in [2.75, 3.05) is 0 Å². The van der Waals surface area contributed by atoms with Crippen LogP contribution in [0.5, 0.6) is 0 Å². The zero-order chi connectivity index (χ0) is 8.85. The molecule has 3 heteroatoms. The fraction of sp³-hybridized carbons (Fsp3) is 0.125. The SMILES string of the molecule is C=C(F)/C(C=O)=C(F)\C=C/C. The van der Waals surface area contributed by atoms with E-state index in [-0.39, 0.29) is 6.29 Å². The highest BCUT2D eigenvalue weighted by Gasteiger charge is 2.05. The maximum atomic E-state index is 12.6. The largest absolute Gasteiger partial charge is 0.298 e. The Morgan fingerprint density at radius 2 is 2.00 bits per heavy atom. The summed E-state index contributed by atoms with van der Waals surface area (Å²) in [6, 6.07) is 0. The number of carbonyl (C=O) groups is 1. The summed E-state index contributed by atoms with van der Waals surface area (Å²) >= 11 is 0. The van der Waals surface area contributed by atoms with Gasteiger partial charge < -0.3 is 0 Å². The van der Waals surface area contributed by atoms with Gasteiger partial charge in [0.2, 0.25) is 0 Å². The average molecular weight is 158 g/mol. The Balaban J connectivity index is 4.82. The molecular weight excluding hydrogens is 150 g/mol. The van der Waals surface area contributed by atoms with Crippen LogP contribution in [0, 0.1) is 0 Å². The number of aldehydes is 1. The van der Waals surface area contributed by atoms with E-state index in [1.54, 1.807) is 6.92 Å². The summed E-state index contributed by atoms with van der Waals surface area (Å²) in [7, 11) is 0. The van der Waals surface area contributed by atoms with Crippen molar-refractivity contribution in [1.29, 1.82) is 0 Å². The average Bonchev–Trinajstić information content (AvgIpc) is 1.88. The van der Waals surface area contributed by atoms with E-state index in [9.17, 15) is 13.6 Å². The molecule has 0 atom stereocenters. The van der Waals surface area contributed by atoms with E-state index in [1.807, 2.05) is 0 Å². The van der Waals surface area contributed by atoms with E-state index in [0.717, 1.165) is 6.08 Å². The summed E-state index contributed by atoms with van der Waals surface area (Å²) in [4.78, 5) is 10.0. The predicted octanol–water partition coefficient (Wildman–Crippen LogP) is 2.47. The minimum atomic E-state index is -1.06. The Hall–Kier alpha value is -1.25. The zero-order valence-electron chi connectivity index (χ0n) is 6.10. The van der Waals surface area contributed by atoms with Gasteiger partial charge in [-0.2, -0.15) is 0 Å². The van der Waals surface area contributed by atoms with Crippen molar-refractivity contribution in [2.24, 2.45) is 0 Å². The fourth-order valence-electron chi connectivity index (χ4n) is 0.486. The first kappa shape index (κ1) is 9.75. The first-order valence-corrected chi connectivity index (χ1v) is 2.96. The van der Waals surface area contributed by atoms with Crippen LogP contribution in [-0.4, -0.2) is 6.29 Å². The predicted molar refractivity (Wildman–Crippen MR) is 39.3 cm³/mol. The van der Waals surface area contributed by atoms with E-state index in [0.29, 0.717) is 0 Å². The van der Waals surface area contributed by atoms with Crippen molar-refractivity contribution in [2.45, 2.75) is 6.92 Å². The highest BCUT2D eigenvalue weighted by Crippen LogP contribution is 2.14. The first-order chi connectivity index (χ1) is 5.13. The van der Waals surface area contributed by atoms with Gasteiger partial charge in [-0.1, -0.05) is 12.7 Å². The van der Waals surface area contributed by atoms with E-state index < -0.39 is 17.2 Å². The van der Waals surface area contributed by atoms with Gasteiger partial charge >= 0.3 is 0 Å². The molecule has 0 heterocycles. The van der Waals surface area contributed by atoms with Crippen LogP contribution >= 0.6 is 0 Å². The Labute approximate surface area is 63.7 Å². The monoisotopic (exact) mass is 158 g/mol. The molecule has 0 radical (unpaired) electrons. The molecule has 0 aliphatic rings. The Morgan fingerprint density at radius 3 is 2.27 bits per heavy atom. The molecule has 11 heavy (non-hydrogen) atoms. The molecule has 0 N–H and O–H groups in total. The van der Waals surface area contributed by atoms with E-state index in [2.05, 4.69) is 6.58 Å². The second kappa shape index (κ2) is 4.55. The molecule has 0 bridgehead atoms. The lowest BCUT2D eigenvalue weighted by Crippen LogP contribution is -1.87. The fourth-order valence-corrected chi connectivity index (χ4v) is 0.486. The van der Waals surface area contributed by atoms with Crippen LogP contribution in [0.1, 0.15) is 6.92 Å². The molecule has 0 aromatic rings. The summed E-state index contributed by atoms with van der Waals surface area (Å²) in [5, 5.41) is 0. The molecule has 0 aromatic carbocycles. The quantitative estimate of drug-likeness (QED) is 0.350. The van der Waals surface area contributed by atoms with Crippen molar-refractivity contribution in [1.82, 2.24) is 0 Å². The summed E-state index contributed by atoms with van der Waals surface area (Å²) in [6.07, 6.45) is 2.45. The first-order valence-electron chi connectivity index (χ1n) is 2.96. The Kier molecular flexibility index (Phi) is 4.03. The van der Waals surface area contributed by atoms with Crippen LogP contribution in [0.25, 0.3) is 0 Å². The van der Waals surface area contributed by atoms with Gasteiger partial charge in [0, 0.05) is 0 Å². The van der Waals surface area contributed by atoms with Crippen LogP contribution in [-0.2, 0) is 4.79 Å². The molecular formula is C8H8F2O. The smallest absolute Gasteiger partial charge is 0.155 e. The normalized spacial score (nSPS) is 13.0.